The lowest BCUT2D eigenvalue weighted by atomic mass is 9.66. The van der Waals surface area contributed by atoms with Gasteiger partial charge in [-0.05, 0) is 66.7 Å². The first-order valence-corrected chi connectivity index (χ1v) is 10.9. The van der Waals surface area contributed by atoms with Crippen LogP contribution >= 0.6 is 0 Å². The van der Waals surface area contributed by atoms with Crippen LogP contribution in [-0.4, -0.2) is 23.5 Å². The lowest BCUT2D eigenvalue weighted by Gasteiger charge is -2.44. The van der Waals surface area contributed by atoms with E-state index in [1.54, 1.807) is 0 Å². The number of benzene rings is 2. The van der Waals surface area contributed by atoms with E-state index in [2.05, 4.69) is 87.2 Å². The number of fused-ring (bicyclic) bond motifs is 3. The zero-order chi connectivity index (χ0) is 20.7. The van der Waals surface area contributed by atoms with Gasteiger partial charge in [-0.3, -0.25) is 9.98 Å². The maximum Gasteiger partial charge on any atom is 0.0800 e. The van der Waals surface area contributed by atoms with E-state index in [1.165, 1.54) is 22.3 Å². The van der Waals surface area contributed by atoms with Crippen molar-refractivity contribution in [3.63, 3.8) is 0 Å². The minimum atomic E-state index is 0.213. The fourth-order valence-corrected chi connectivity index (χ4v) is 5.43. The number of hydrogen-bond donors (Lipinski definition) is 0. The summed E-state index contributed by atoms with van der Waals surface area (Å²) >= 11 is 0. The highest BCUT2D eigenvalue weighted by atomic mass is 15.0. The van der Waals surface area contributed by atoms with Gasteiger partial charge in [-0.15, -0.1) is 0 Å². The second kappa shape index (κ2) is 7.68. The number of aliphatic imine (C=N–C) groups is 2. The molecule has 3 aliphatic rings. The monoisotopic (exact) mass is 392 g/mol. The van der Waals surface area contributed by atoms with Crippen LogP contribution in [0, 0.1) is 11.8 Å². The molecule has 1 aliphatic carbocycles. The first kappa shape index (κ1) is 19.0. The molecule has 30 heavy (non-hydrogen) atoms. The number of dihydropyridines is 2. The van der Waals surface area contributed by atoms with Gasteiger partial charge >= 0.3 is 0 Å². The van der Waals surface area contributed by atoms with Crippen molar-refractivity contribution in [2.75, 3.05) is 0 Å². The Morgan fingerprint density at radius 1 is 0.733 bits per heavy atom. The molecule has 4 unspecified atom stereocenters. The van der Waals surface area contributed by atoms with Gasteiger partial charge in [0.25, 0.3) is 0 Å². The highest BCUT2D eigenvalue weighted by Gasteiger charge is 2.44. The standard InChI is InChI=1S/C28H28N2/c1-4-20-10-12-22(13-11-20)26-17-19(3)30-28-24(26)15-14-23-25(16-18(2)29-27(23)28)21-8-6-5-7-9-21/h4-13,16-17,23-24,27-28H,1,14-15H2,2-3H3. The summed E-state index contributed by atoms with van der Waals surface area (Å²) in [7, 11) is 0. The van der Waals surface area contributed by atoms with E-state index in [-0.39, 0.29) is 12.1 Å². The van der Waals surface area contributed by atoms with Crippen LogP contribution in [0.3, 0.4) is 0 Å². The highest BCUT2D eigenvalue weighted by molar-refractivity contribution is 6.03. The van der Waals surface area contributed by atoms with E-state index in [1.807, 2.05) is 6.08 Å². The van der Waals surface area contributed by atoms with Gasteiger partial charge in [-0.25, -0.2) is 0 Å². The van der Waals surface area contributed by atoms with Crippen molar-refractivity contribution in [2.24, 2.45) is 21.8 Å². The molecule has 2 heteroatoms. The van der Waals surface area contributed by atoms with E-state index < -0.39 is 0 Å². The number of rotatable bonds is 3. The van der Waals surface area contributed by atoms with Crippen molar-refractivity contribution in [3.05, 3.63) is 90.0 Å². The van der Waals surface area contributed by atoms with Crippen LogP contribution in [0.15, 0.2) is 83.3 Å². The zero-order valence-electron chi connectivity index (χ0n) is 17.8. The molecule has 4 atom stereocenters. The van der Waals surface area contributed by atoms with Crippen molar-refractivity contribution in [1.29, 1.82) is 0 Å². The number of allylic oxidation sites excluding steroid dienone is 2. The SMILES string of the molecule is C=Cc1ccc(C2=CC(C)=NC3C2CCC2C(c4ccccc4)=CC(C)=NC23)cc1. The number of hydrogen-bond acceptors (Lipinski definition) is 2. The van der Waals surface area contributed by atoms with E-state index >= 15 is 0 Å². The smallest absolute Gasteiger partial charge is 0.0800 e. The topological polar surface area (TPSA) is 24.7 Å². The molecule has 1 fully saturated rings. The molecule has 2 aliphatic heterocycles. The minimum Gasteiger partial charge on any atom is -0.284 e. The van der Waals surface area contributed by atoms with Crippen LogP contribution < -0.4 is 0 Å². The van der Waals surface area contributed by atoms with Crippen LogP contribution in [0.2, 0.25) is 0 Å². The molecule has 2 heterocycles. The Kier molecular flexibility index (Phi) is 4.86. The molecule has 1 saturated carbocycles. The summed E-state index contributed by atoms with van der Waals surface area (Å²) in [5, 5.41) is 0. The molecular formula is C28H28N2. The fraction of sp³-hybridized carbons (Fsp3) is 0.286. The Morgan fingerprint density at radius 2 is 1.23 bits per heavy atom. The lowest BCUT2D eigenvalue weighted by Crippen LogP contribution is -2.45. The summed E-state index contributed by atoms with van der Waals surface area (Å²) in [4.78, 5) is 10.3. The number of nitrogens with zero attached hydrogens (tertiary/aromatic N) is 2. The van der Waals surface area contributed by atoms with Crippen LogP contribution in [0.4, 0.5) is 0 Å². The molecule has 0 spiro atoms. The quantitative estimate of drug-likeness (QED) is 0.569. The van der Waals surface area contributed by atoms with E-state index in [9.17, 15) is 0 Å². The molecule has 0 bridgehead atoms. The summed E-state index contributed by atoms with van der Waals surface area (Å²) < 4.78 is 0. The maximum atomic E-state index is 5.15. The Morgan fingerprint density at radius 3 is 1.73 bits per heavy atom. The molecule has 150 valence electrons. The van der Waals surface area contributed by atoms with Crippen LogP contribution in [0.1, 0.15) is 43.4 Å². The normalized spacial score (nSPS) is 27.7. The third-order valence-corrected chi connectivity index (χ3v) is 6.78. The molecule has 0 aromatic heterocycles. The summed E-state index contributed by atoms with van der Waals surface area (Å²) in [6.07, 6.45) is 8.78. The largest absolute Gasteiger partial charge is 0.284 e. The van der Waals surface area contributed by atoms with Crippen molar-refractivity contribution in [2.45, 2.75) is 38.8 Å². The minimum absolute atomic E-state index is 0.213. The molecule has 5 rings (SSSR count). The summed E-state index contributed by atoms with van der Waals surface area (Å²) in [6.45, 7) is 8.14. The average Bonchev–Trinajstić information content (AvgIpc) is 2.78. The second-order valence-corrected chi connectivity index (χ2v) is 8.70. The fourth-order valence-electron chi connectivity index (χ4n) is 5.43. The third-order valence-electron chi connectivity index (χ3n) is 6.78. The molecule has 2 aromatic rings. The van der Waals surface area contributed by atoms with Crippen molar-refractivity contribution >= 4 is 28.6 Å². The first-order chi connectivity index (χ1) is 14.6. The van der Waals surface area contributed by atoms with Gasteiger partial charge in [-0.2, -0.15) is 0 Å². The van der Waals surface area contributed by atoms with Gasteiger partial charge in [0.2, 0.25) is 0 Å². The molecular weight excluding hydrogens is 364 g/mol. The van der Waals surface area contributed by atoms with E-state index in [0.29, 0.717) is 11.8 Å². The van der Waals surface area contributed by atoms with Gasteiger partial charge in [0, 0.05) is 23.3 Å². The molecule has 2 aromatic carbocycles. The van der Waals surface area contributed by atoms with Crippen LogP contribution in [0.5, 0.6) is 0 Å². The molecule has 0 radical (unpaired) electrons. The predicted octanol–water partition coefficient (Wildman–Crippen LogP) is 6.51. The van der Waals surface area contributed by atoms with Crippen LogP contribution in [-0.2, 0) is 0 Å². The van der Waals surface area contributed by atoms with E-state index in [0.717, 1.165) is 29.8 Å². The first-order valence-electron chi connectivity index (χ1n) is 10.9. The molecule has 0 N–H and O–H groups in total. The molecule has 2 nitrogen and oxygen atoms in total. The van der Waals surface area contributed by atoms with Crippen LogP contribution in [0.25, 0.3) is 17.2 Å². The van der Waals surface area contributed by atoms with Crippen molar-refractivity contribution < 1.29 is 0 Å². The Labute approximate surface area is 179 Å². The highest BCUT2D eigenvalue weighted by Crippen LogP contribution is 2.48. The predicted molar refractivity (Wildman–Crippen MR) is 129 cm³/mol. The third kappa shape index (κ3) is 3.31. The molecule has 0 saturated heterocycles. The summed E-state index contributed by atoms with van der Waals surface area (Å²) in [5.74, 6) is 0.868. The Hall–Kier alpha value is -3.00. The van der Waals surface area contributed by atoms with Gasteiger partial charge in [0.1, 0.15) is 0 Å². The van der Waals surface area contributed by atoms with Crippen molar-refractivity contribution in [1.82, 2.24) is 0 Å². The molecule has 0 amide bonds. The summed E-state index contributed by atoms with van der Waals surface area (Å²) in [5.41, 5.74) is 8.88. The van der Waals surface area contributed by atoms with Gasteiger partial charge in [-0.1, -0.05) is 67.3 Å². The summed E-state index contributed by atoms with van der Waals surface area (Å²) in [6, 6.07) is 20.0. The zero-order valence-corrected chi connectivity index (χ0v) is 17.8. The Balaban J connectivity index is 1.51. The second-order valence-electron chi connectivity index (χ2n) is 8.70. The van der Waals surface area contributed by atoms with E-state index in [4.69, 9.17) is 9.98 Å². The van der Waals surface area contributed by atoms with Gasteiger partial charge in [0.05, 0.1) is 12.1 Å². The van der Waals surface area contributed by atoms with Gasteiger partial charge < -0.3 is 0 Å². The van der Waals surface area contributed by atoms with Gasteiger partial charge in [0.15, 0.2) is 0 Å². The average molecular weight is 393 g/mol. The van der Waals surface area contributed by atoms with Crippen molar-refractivity contribution in [3.8, 4) is 0 Å². The maximum absolute atomic E-state index is 5.15. The lowest BCUT2D eigenvalue weighted by molar-refractivity contribution is 0.279. The Bertz CT molecular complexity index is 1080.